The first kappa shape index (κ1) is 17.7. The van der Waals surface area contributed by atoms with Gasteiger partial charge < -0.3 is 20.3 Å². The maximum Gasteiger partial charge on any atom is 0.251 e. The van der Waals surface area contributed by atoms with Crippen molar-refractivity contribution in [2.75, 3.05) is 6.54 Å². The molecule has 8 nitrogen and oxygen atoms in total. The van der Waals surface area contributed by atoms with Crippen LogP contribution in [0.5, 0.6) is 0 Å². The Hall–Kier alpha value is -2.74. The van der Waals surface area contributed by atoms with Crippen LogP contribution >= 0.6 is 0 Å². The normalized spacial score (nSPS) is 21.4. The molecule has 4 rings (SSSR count). The van der Waals surface area contributed by atoms with E-state index in [1.807, 2.05) is 6.07 Å². The van der Waals surface area contributed by atoms with Crippen LogP contribution in [0.1, 0.15) is 59.6 Å². The third-order valence-corrected chi connectivity index (χ3v) is 5.16. The molecule has 0 radical (unpaired) electrons. The monoisotopic (exact) mass is 369 g/mol. The van der Waals surface area contributed by atoms with Crippen molar-refractivity contribution in [3.05, 3.63) is 47.5 Å². The lowest BCUT2D eigenvalue weighted by atomic mass is 9.79. The predicted molar refractivity (Wildman–Crippen MR) is 96.9 cm³/mol. The molecule has 0 bridgehead atoms. The second-order valence-electron chi connectivity index (χ2n) is 7.22. The van der Waals surface area contributed by atoms with Crippen molar-refractivity contribution in [2.45, 2.75) is 50.3 Å². The van der Waals surface area contributed by atoms with Crippen molar-refractivity contribution >= 4 is 11.8 Å². The number of nitrogens with one attached hydrogen (secondary N) is 2. The molecular weight excluding hydrogens is 346 g/mol. The Kier molecular flexibility index (Phi) is 4.89. The standard InChI is InChI=1S/C19H23N5O3/c25-11-16-22-23-18(24(16)15-6-7-15)13-8-14(9-13)21-17(26)10-20-19(27)12-4-2-1-3-5-12/h1-5,13-15,25H,6-11H2,(H,20,27)(H,21,26). The van der Waals surface area contributed by atoms with Crippen LogP contribution in [0, 0.1) is 0 Å². The van der Waals surface area contributed by atoms with Gasteiger partial charge in [0.25, 0.3) is 5.91 Å². The minimum Gasteiger partial charge on any atom is -0.388 e. The lowest BCUT2D eigenvalue weighted by Crippen LogP contribution is -2.47. The fourth-order valence-electron chi connectivity index (χ4n) is 3.53. The smallest absolute Gasteiger partial charge is 0.251 e. The van der Waals surface area contributed by atoms with Gasteiger partial charge in [0.15, 0.2) is 5.82 Å². The summed E-state index contributed by atoms with van der Waals surface area (Å²) in [5.41, 5.74) is 0.535. The Bertz CT molecular complexity index is 825. The van der Waals surface area contributed by atoms with Gasteiger partial charge in [-0.3, -0.25) is 9.59 Å². The molecule has 27 heavy (non-hydrogen) atoms. The van der Waals surface area contributed by atoms with Crippen LogP contribution in [0.3, 0.4) is 0 Å². The van der Waals surface area contributed by atoms with Crippen LogP contribution < -0.4 is 10.6 Å². The van der Waals surface area contributed by atoms with Gasteiger partial charge in [0, 0.05) is 23.6 Å². The van der Waals surface area contributed by atoms with E-state index >= 15 is 0 Å². The van der Waals surface area contributed by atoms with E-state index in [1.165, 1.54) is 0 Å². The van der Waals surface area contributed by atoms with Crippen molar-refractivity contribution in [2.24, 2.45) is 0 Å². The Morgan fingerprint density at radius 3 is 2.56 bits per heavy atom. The molecule has 2 amide bonds. The third-order valence-electron chi connectivity index (χ3n) is 5.16. The number of rotatable bonds is 7. The maximum absolute atomic E-state index is 12.1. The summed E-state index contributed by atoms with van der Waals surface area (Å²) in [7, 11) is 0. The zero-order valence-electron chi connectivity index (χ0n) is 15.0. The number of nitrogens with zero attached hydrogens (tertiary/aromatic N) is 3. The van der Waals surface area contributed by atoms with Gasteiger partial charge in [-0.1, -0.05) is 18.2 Å². The first-order valence-electron chi connectivity index (χ1n) is 9.33. The van der Waals surface area contributed by atoms with Gasteiger partial charge in [-0.15, -0.1) is 10.2 Å². The number of aliphatic hydroxyl groups excluding tert-OH is 1. The summed E-state index contributed by atoms with van der Waals surface area (Å²) >= 11 is 0. The van der Waals surface area contributed by atoms with E-state index < -0.39 is 0 Å². The van der Waals surface area contributed by atoms with Crippen molar-refractivity contribution in [3.8, 4) is 0 Å². The van der Waals surface area contributed by atoms with E-state index in [1.54, 1.807) is 24.3 Å². The summed E-state index contributed by atoms with van der Waals surface area (Å²) in [6, 6.07) is 9.32. The number of aromatic nitrogens is 3. The molecule has 2 aliphatic rings. The average molecular weight is 369 g/mol. The molecule has 2 aliphatic carbocycles. The zero-order chi connectivity index (χ0) is 18.8. The average Bonchev–Trinajstić information content (AvgIpc) is 3.42. The predicted octanol–water partition coefficient (Wildman–Crippen LogP) is 0.897. The molecule has 1 aromatic carbocycles. The fraction of sp³-hybridized carbons (Fsp3) is 0.474. The molecule has 2 aromatic rings. The van der Waals surface area contributed by atoms with Crippen molar-refractivity contribution < 1.29 is 14.7 Å². The van der Waals surface area contributed by atoms with E-state index in [0.29, 0.717) is 17.4 Å². The third kappa shape index (κ3) is 3.85. The number of benzene rings is 1. The molecule has 0 spiro atoms. The van der Waals surface area contributed by atoms with E-state index in [4.69, 9.17) is 0 Å². The molecule has 8 heteroatoms. The topological polar surface area (TPSA) is 109 Å². The van der Waals surface area contributed by atoms with Crippen LogP contribution in [0.15, 0.2) is 30.3 Å². The van der Waals surface area contributed by atoms with Crippen LogP contribution in [0.4, 0.5) is 0 Å². The minimum atomic E-state index is -0.258. The molecule has 3 N–H and O–H groups in total. The maximum atomic E-state index is 12.1. The molecule has 0 saturated heterocycles. The van der Waals surface area contributed by atoms with Gasteiger partial charge in [0.1, 0.15) is 12.4 Å². The summed E-state index contributed by atoms with van der Waals surface area (Å²) in [5.74, 6) is 1.35. The van der Waals surface area contributed by atoms with Gasteiger partial charge in [0.2, 0.25) is 5.91 Å². The SMILES string of the molecule is O=C(CNC(=O)c1ccccc1)NC1CC(c2nnc(CO)n2C2CC2)C1. The second-order valence-corrected chi connectivity index (χ2v) is 7.22. The first-order valence-corrected chi connectivity index (χ1v) is 9.33. The zero-order valence-corrected chi connectivity index (χ0v) is 15.0. The lowest BCUT2D eigenvalue weighted by Gasteiger charge is -2.35. The molecule has 0 atom stereocenters. The molecule has 142 valence electrons. The quantitative estimate of drug-likeness (QED) is 0.672. The summed E-state index contributed by atoms with van der Waals surface area (Å²) in [6.45, 7) is -0.140. The molecule has 2 fully saturated rings. The van der Waals surface area contributed by atoms with E-state index in [9.17, 15) is 14.7 Å². The van der Waals surface area contributed by atoms with Gasteiger partial charge in [-0.2, -0.15) is 0 Å². The summed E-state index contributed by atoms with van der Waals surface area (Å²) < 4.78 is 2.07. The van der Waals surface area contributed by atoms with Crippen molar-refractivity contribution in [3.63, 3.8) is 0 Å². The lowest BCUT2D eigenvalue weighted by molar-refractivity contribution is -0.121. The van der Waals surface area contributed by atoms with Gasteiger partial charge in [-0.25, -0.2) is 0 Å². The van der Waals surface area contributed by atoms with Gasteiger partial charge in [0.05, 0.1) is 6.54 Å². The Morgan fingerprint density at radius 1 is 1.15 bits per heavy atom. The number of amides is 2. The summed E-state index contributed by atoms with van der Waals surface area (Å²) in [5, 5.41) is 23.4. The number of carbonyl (C=O) groups excluding carboxylic acids is 2. The molecule has 1 aromatic heterocycles. The molecule has 2 saturated carbocycles. The van der Waals surface area contributed by atoms with Crippen LogP contribution in [0.25, 0.3) is 0 Å². The molecule has 1 heterocycles. The molecular formula is C19H23N5O3. The van der Waals surface area contributed by atoms with Crippen LogP contribution in [0.2, 0.25) is 0 Å². The summed E-state index contributed by atoms with van der Waals surface area (Å²) in [6.07, 6.45) is 3.81. The van der Waals surface area contributed by atoms with E-state index in [0.717, 1.165) is 31.5 Å². The first-order chi connectivity index (χ1) is 13.2. The van der Waals surface area contributed by atoms with Crippen LogP contribution in [-0.2, 0) is 11.4 Å². The highest BCUT2D eigenvalue weighted by atomic mass is 16.3. The summed E-state index contributed by atoms with van der Waals surface area (Å²) in [4.78, 5) is 24.0. The van der Waals surface area contributed by atoms with Crippen LogP contribution in [-0.4, -0.2) is 44.3 Å². The number of hydrogen-bond donors (Lipinski definition) is 3. The highest BCUT2D eigenvalue weighted by Crippen LogP contribution is 2.42. The van der Waals surface area contributed by atoms with E-state index in [2.05, 4.69) is 25.4 Å². The highest BCUT2D eigenvalue weighted by Gasteiger charge is 2.38. The fourth-order valence-corrected chi connectivity index (χ4v) is 3.53. The Morgan fingerprint density at radius 2 is 1.89 bits per heavy atom. The second kappa shape index (κ2) is 7.48. The minimum absolute atomic E-state index is 0.0399. The molecule has 0 unspecified atom stereocenters. The van der Waals surface area contributed by atoms with E-state index in [-0.39, 0.29) is 36.9 Å². The largest absolute Gasteiger partial charge is 0.388 e. The van der Waals surface area contributed by atoms with Gasteiger partial charge >= 0.3 is 0 Å². The highest BCUT2D eigenvalue weighted by molar-refractivity contribution is 5.96. The van der Waals surface area contributed by atoms with Crippen molar-refractivity contribution in [1.29, 1.82) is 0 Å². The van der Waals surface area contributed by atoms with Gasteiger partial charge in [-0.05, 0) is 37.8 Å². The van der Waals surface area contributed by atoms with Crippen molar-refractivity contribution in [1.82, 2.24) is 25.4 Å². The number of aliphatic hydroxyl groups is 1. The molecule has 0 aliphatic heterocycles. The number of hydrogen-bond acceptors (Lipinski definition) is 5. The Balaban J connectivity index is 1.24. The number of carbonyl (C=O) groups is 2. The Labute approximate surface area is 157 Å².